The third kappa shape index (κ3) is 2.90. The second-order valence-electron chi connectivity index (χ2n) is 3.38. The maximum atomic E-state index is 10.8. The highest BCUT2D eigenvalue weighted by Gasteiger charge is 2.46. The fourth-order valence-corrected chi connectivity index (χ4v) is 1.48. The van der Waals surface area contributed by atoms with Crippen LogP contribution in [-0.4, -0.2) is 41.6 Å². The Morgan fingerprint density at radius 3 is 2.07 bits per heavy atom. The summed E-state index contributed by atoms with van der Waals surface area (Å²) in [4.78, 5) is 21.5. The zero-order valence-electron chi connectivity index (χ0n) is 8.80. The first-order valence-corrected chi connectivity index (χ1v) is 4.59. The van der Waals surface area contributed by atoms with Crippen molar-refractivity contribution in [1.82, 2.24) is 0 Å². The van der Waals surface area contributed by atoms with Gasteiger partial charge in [-0.3, -0.25) is 9.59 Å². The minimum Gasteiger partial charge on any atom is -0.456 e. The highest BCUT2D eigenvalue weighted by molar-refractivity contribution is 5.67. The Bertz CT molecular complexity index is 237. The molecule has 1 aliphatic heterocycles. The summed E-state index contributed by atoms with van der Waals surface area (Å²) in [5.74, 6) is -1.07. The van der Waals surface area contributed by atoms with Crippen LogP contribution in [0.1, 0.15) is 20.8 Å². The zero-order chi connectivity index (χ0) is 11.6. The molecule has 0 bridgehead atoms. The molecule has 86 valence electrons. The molecule has 1 N–H and O–H groups in total. The molecule has 1 saturated heterocycles. The van der Waals surface area contributed by atoms with Gasteiger partial charge in [-0.2, -0.15) is 0 Å². The normalized spacial score (nSPS) is 34.9. The van der Waals surface area contributed by atoms with Crippen molar-refractivity contribution in [2.45, 2.75) is 45.4 Å². The van der Waals surface area contributed by atoms with Crippen molar-refractivity contribution in [1.29, 1.82) is 0 Å². The molecule has 1 aliphatic rings. The van der Waals surface area contributed by atoms with Gasteiger partial charge in [0.1, 0.15) is 0 Å². The Labute approximate surface area is 87.1 Å². The lowest BCUT2D eigenvalue weighted by atomic mass is 10.1. The zero-order valence-corrected chi connectivity index (χ0v) is 8.80. The average Bonchev–Trinajstić information content (AvgIpc) is 2.30. The van der Waals surface area contributed by atoms with Gasteiger partial charge in [0.05, 0.1) is 6.10 Å². The average molecular weight is 218 g/mol. The number of carbonyl (C=O) groups is 2. The Kier molecular flexibility index (Phi) is 3.65. The van der Waals surface area contributed by atoms with Gasteiger partial charge in [0, 0.05) is 13.8 Å². The van der Waals surface area contributed by atoms with Crippen LogP contribution in [0.2, 0.25) is 0 Å². The van der Waals surface area contributed by atoms with Gasteiger partial charge in [0.15, 0.2) is 18.5 Å². The summed E-state index contributed by atoms with van der Waals surface area (Å²) in [6.45, 7) is 4.07. The maximum absolute atomic E-state index is 10.8. The van der Waals surface area contributed by atoms with E-state index in [4.69, 9.17) is 14.2 Å². The van der Waals surface area contributed by atoms with Gasteiger partial charge in [-0.15, -0.1) is 0 Å². The first-order chi connectivity index (χ1) is 6.91. The molecular weight excluding hydrogens is 204 g/mol. The van der Waals surface area contributed by atoms with Crippen LogP contribution < -0.4 is 0 Å². The Balaban J connectivity index is 2.70. The lowest BCUT2D eigenvalue weighted by Gasteiger charge is -2.20. The summed E-state index contributed by atoms with van der Waals surface area (Å²) in [5, 5.41) is 9.40. The summed E-state index contributed by atoms with van der Waals surface area (Å²) in [7, 11) is 0. The van der Waals surface area contributed by atoms with Gasteiger partial charge in [-0.1, -0.05) is 0 Å². The van der Waals surface area contributed by atoms with Crippen LogP contribution in [0.25, 0.3) is 0 Å². The molecule has 0 amide bonds. The van der Waals surface area contributed by atoms with Crippen molar-refractivity contribution in [2.75, 3.05) is 0 Å². The molecule has 0 saturated carbocycles. The van der Waals surface area contributed by atoms with Crippen LogP contribution >= 0.6 is 0 Å². The highest BCUT2D eigenvalue weighted by atomic mass is 16.7. The van der Waals surface area contributed by atoms with Gasteiger partial charge < -0.3 is 19.3 Å². The second-order valence-corrected chi connectivity index (χ2v) is 3.38. The van der Waals surface area contributed by atoms with E-state index in [1.54, 1.807) is 6.92 Å². The standard InChI is InChI=1S/C9H14O6/c1-4-7(14-5(2)10)8(9(12)13-4)15-6(3)11/h4,7-9,12H,1-3H3/t4-,7-,8+,9-/m1/s1. The quantitative estimate of drug-likeness (QED) is 0.634. The van der Waals surface area contributed by atoms with Crippen molar-refractivity contribution in [3.05, 3.63) is 0 Å². The molecule has 0 spiro atoms. The highest BCUT2D eigenvalue weighted by Crippen LogP contribution is 2.25. The van der Waals surface area contributed by atoms with Crippen molar-refractivity contribution in [3.63, 3.8) is 0 Å². The molecular formula is C9H14O6. The van der Waals surface area contributed by atoms with Crippen molar-refractivity contribution >= 4 is 11.9 Å². The van der Waals surface area contributed by atoms with Gasteiger partial charge in [-0.25, -0.2) is 0 Å². The fraction of sp³-hybridized carbons (Fsp3) is 0.778. The van der Waals surface area contributed by atoms with E-state index in [1.165, 1.54) is 13.8 Å². The van der Waals surface area contributed by atoms with Crippen molar-refractivity contribution < 1.29 is 28.9 Å². The van der Waals surface area contributed by atoms with Gasteiger partial charge >= 0.3 is 11.9 Å². The first-order valence-electron chi connectivity index (χ1n) is 4.59. The van der Waals surface area contributed by atoms with E-state index in [1.807, 2.05) is 0 Å². The predicted molar refractivity (Wildman–Crippen MR) is 47.7 cm³/mol. The maximum Gasteiger partial charge on any atom is 0.303 e. The minimum atomic E-state index is -1.26. The summed E-state index contributed by atoms with van der Waals surface area (Å²) < 4.78 is 14.7. The minimum absolute atomic E-state index is 0.506. The number of aliphatic hydroxyl groups excluding tert-OH is 1. The molecule has 0 aromatic rings. The van der Waals surface area contributed by atoms with E-state index in [2.05, 4.69) is 0 Å². The van der Waals surface area contributed by atoms with Gasteiger partial charge in [0.25, 0.3) is 0 Å². The van der Waals surface area contributed by atoms with Crippen LogP contribution in [0.5, 0.6) is 0 Å². The predicted octanol–water partition coefficient (Wildman–Crippen LogP) is -0.413. The molecule has 6 heteroatoms. The molecule has 0 radical (unpaired) electrons. The smallest absolute Gasteiger partial charge is 0.303 e. The number of hydrogen-bond donors (Lipinski definition) is 1. The Hall–Kier alpha value is -1.14. The molecule has 4 atom stereocenters. The van der Waals surface area contributed by atoms with E-state index in [0.717, 1.165) is 0 Å². The molecule has 0 aromatic carbocycles. The monoisotopic (exact) mass is 218 g/mol. The van der Waals surface area contributed by atoms with E-state index in [0.29, 0.717) is 0 Å². The molecule has 0 aromatic heterocycles. The van der Waals surface area contributed by atoms with E-state index in [9.17, 15) is 14.7 Å². The van der Waals surface area contributed by atoms with E-state index >= 15 is 0 Å². The number of aliphatic hydroxyl groups is 1. The Morgan fingerprint density at radius 1 is 1.13 bits per heavy atom. The number of ether oxygens (including phenoxy) is 3. The van der Waals surface area contributed by atoms with Crippen LogP contribution in [0, 0.1) is 0 Å². The van der Waals surface area contributed by atoms with E-state index < -0.39 is 36.5 Å². The first kappa shape index (κ1) is 11.9. The number of hydrogen-bond acceptors (Lipinski definition) is 6. The topological polar surface area (TPSA) is 82.1 Å². The SMILES string of the molecule is CC(=O)O[C@H]1[C@H](OC(C)=O)[C@@H](C)O[C@H]1O. The molecule has 1 fully saturated rings. The lowest BCUT2D eigenvalue weighted by molar-refractivity contribution is -0.174. The van der Waals surface area contributed by atoms with Crippen LogP contribution in [0.15, 0.2) is 0 Å². The summed E-state index contributed by atoms with van der Waals surface area (Å²) in [6.07, 6.45) is -3.48. The third-order valence-electron chi connectivity index (χ3n) is 2.03. The van der Waals surface area contributed by atoms with Crippen molar-refractivity contribution in [3.8, 4) is 0 Å². The number of esters is 2. The Morgan fingerprint density at radius 2 is 1.60 bits per heavy atom. The van der Waals surface area contributed by atoms with Gasteiger partial charge in [0.2, 0.25) is 0 Å². The summed E-state index contributed by atoms with van der Waals surface area (Å²) in [6, 6.07) is 0. The van der Waals surface area contributed by atoms with E-state index in [-0.39, 0.29) is 0 Å². The molecule has 15 heavy (non-hydrogen) atoms. The second kappa shape index (κ2) is 4.59. The van der Waals surface area contributed by atoms with Crippen molar-refractivity contribution in [2.24, 2.45) is 0 Å². The summed E-state index contributed by atoms with van der Waals surface area (Å²) in [5.41, 5.74) is 0. The number of carbonyl (C=O) groups excluding carboxylic acids is 2. The number of rotatable bonds is 2. The van der Waals surface area contributed by atoms with Gasteiger partial charge in [-0.05, 0) is 6.92 Å². The molecule has 6 nitrogen and oxygen atoms in total. The lowest BCUT2D eigenvalue weighted by Crippen LogP contribution is -2.39. The third-order valence-corrected chi connectivity index (χ3v) is 2.03. The molecule has 0 aliphatic carbocycles. The largest absolute Gasteiger partial charge is 0.456 e. The molecule has 1 rings (SSSR count). The fourth-order valence-electron chi connectivity index (χ4n) is 1.48. The molecule has 0 unspecified atom stereocenters. The summed E-state index contributed by atoms with van der Waals surface area (Å²) >= 11 is 0. The van der Waals surface area contributed by atoms with Crippen LogP contribution in [-0.2, 0) is 23.8 Å². The van der Waals surface area contributed by atoms with Crippen LogP contribution in [0.4, 0.5) is 0 Å². The van der Waals surface area contributed by atoms with Crippen LogP contribution in [0.3, 0.4) is 0 Å². The molecule has 1 heterocycles.